The molecule has 4 N–H and O–H groups in total. The van der Waals surface area contributed by atoms with E-state index in [4.69, 9.17) is 10.6 Å². The van der Waals surface area contributed by atoms with Crippen molar-refractivity contribution in [2.45, 2.75) is 18.9 Å². The van der Waals surface area contributed by atoms with Crippen molar-refractivity contribution >= 4 is 11.5 Å². The molecule has 1 aliphatic rings. The van der Waals surface area contributed by atoms with Crippen LogP contribution in [0.25, 0.3) is 0 Å². The van der Waals surface area contributed by atoms with Crippen molar-refractivity contribution in [3.8, 4) is 0 Å². The van der Waals surface area contributed by atoms with E-state index in [9.17, 15) is 0 Å². The second-order valence-corrected chi connectivity index (χ2v) is 4.06. The number of nitrogens with zero attached hydrogens (tertiary/aromatic N) is 1. The number of rotatable bonds is 3. The largest absolute Gasteiger partial charge is 0.379 e. The first-order valence-corrected chi connectivity index (χ1v) is 5.00. The van der Waals surface area contributed by atoms with Crippen LogP contribution in [-0.2, 0) is 4.74 Å². The van der Waals surface area contributed by atoms with Gasteiger partial charge in [-0.25, -0.2) is 10.8 Å². The van der Waals surface area contributed by atoms with Crippen LogP contribution in [0.2, 0.25) is 0 Å². The second-order valence-electron chi connectivity index (χ2n) is 4.06. The van der Waals surface area contributed by atoms with E-state index in [0.717, 1.165) is 25.3 Å². The molecule has 1 aromatic rings. The Morgan fingerprint density at radius 1 is 1.60 bits per heavy atom. The third-order valence-electron chi connectivity index (χ3n) is 2.57. The smallest absolute Gasteiger partial charge is 0.141 e. The summed E-state index contributed by atoms with van der Waals surface area (Å²) in [5.41, 5.74) is 3.55. The Bertz CT molecular complexity index is 336. The number of pyridine rings is 1. The number of hydrazine groups is 1. The van der Waals surface area contributed by atoms with Crippen molar-refractivity contribution < 1.29 is 4.74 Å². The molecule has 5 heteroatoms. The minimum Gasteiger partial charge on any atom is -0.379 e. The van der Waals surface area contributed by atoms with E-state index in [0.29, 0.717) is 5.82 Å². The summed E-state index contributed by atoms with van der Waals surface area (Å²) in [6.07, 6.45) is 2.73. The van der Waals surface area contributed by atoms with Crippen molar-refractivity contribution in [2.24, 2.45) is 5.84 Å². The summed E-state index contributed by atoms with van der Waals surface area (Å²) in [7, 11) is 0. The maximum atomic E-state index is 5.37. The molecule has 5 nitrogen and oxygen atoms in total. The average Bonchev–Trinajstić information content (AvgIpc) is 2.65. The summed E-state index contributed by atoms with van der Waals surface area (Å²) in [5, 5.41) is 3.43. The van der Waals surface area contributed by atoms with Crippen molar-refractivity contribution in [3.63, 3.8) is 0 Å². The van der Waals surface area contributed by atoms with Gasteiger partial charge in [-0.05, 0) is 19.4 Å². The Balaban J connectivity index is 2.09. The molecule has 1 aromatic heterocycles. The number of ether oxygens (including phenoxy) is 1. The third-order valence-corrected chi connectivity index (χ3v) is 2.57. The van der Waals surface area contributed by atoms with Gasteiger partial charge in [0.2, 0.25) is 0 Å². The van der Waals surface area contributed by atoms with Crippen LogP contribution < -0.4 is 16.6 Å². The molecule has 0 spiro atoms. The fraction of sp³-hybridized carbons (Fsp3) is 0.500. The van der Waals surface area contributed by atoms with Gasteiger partial charge in [-0.3, -0.25) is 0 Å². The normalized spacial score (nSPS) is 25.2. The van der Waals surface area contributed by atoms with Gasteiger partial charge in [-0.15, -0.1) is 0 Å². The monoisotopic (exact) mass is 208 g/mol. The van der Waals surface area contributed by atoms with Gasteiger partial charge in [0.15, 0.2) is 0 Å². The molecule has 1 atom stereocenters. The van der Waals surface area contributed by atoms with Gasteiger partial charge in [0.05, 0.1) is 12.1 Å². The highest BCUT2D eigenvalue weighted by atomic mass is 16.5. The molecular formula is C10H16N4O. The summed E-state index contributed by atoms with van der Waals surface area (Å²) in [6, 6.07) is 3.80. The summed E-state index contributed by atoms with van der Waals surface area (Å²) < 4.78 is 5.37. The van der Waals surface area contributed by atoms with E-state index in [-0.39, 0.29) is 5.54 Å². The van der Waals surface area contributed by atoms with Crippen LogP contribution >= 0.6 is 0 Å². The molecule has 1 aliphatic heterocycles. The molecule has 1 saturated heterocycles. The number of nitrogens with two attached hydrogens (primary N) is 1. The topological polar surface area (TPSA) is 72.2 Å². The van der Waals surface area contributed by atoms with Crippen LogP contribution in [0, 0.1) is 0 Å². The van der Waals surface area contributed by atoms with E-state index in [1.165, 1.54) is 0 Å². The predicted octanol–water partition coefficient (Wildman–Crippen LogP) is 0.958. The van der Waals surface area contributed by atoms with Gasteiger partial charge in [0.25, 0.3) is 0 Å². The fourth-order valence-electron chi connectivity index (χ4n) is 1.70. The lowest BCUT2D eigenvalue weighted by atomic mass is 10.0. The Morgan fingerprint density at radius 2 is 2.47 bits per heavy atom. The summed E-state index contributed by atoms with van der Waals surface area (Å²) in [5.74, 6) is 5.95. The van der Waals surface area contributed by atoms with Gasteiger partial charge >= 0.3 is 0 Å². The number of hydrogen-bond donors (Lipinski definition) is 3. The van der Waals surface area contributed by atoms with E-state index in [1.54, 1.807) is 6.20 Å². The molecule has 0 saturated carbocycles. The molecule has 1 unspecified atom stereocenters. The lowest BCUT2D eigenvalue weighted by Gasteiger charge is -2.25. The summed E-state index contributed by atoms with van der Waals surface area (Å²) in [4.78, 5) is 4.05. The predicted molar refractivity (Wildman–Crippen MR) is 59.5 cm³/mol. The second kappa shape index (κ2) is 4.04. The van der Waals surface area contributed by atoms with Gasteiger partial charge in [-0.2, -0.15) is 0 Å². The van der Waals surface area contributed by atoms with Crippen LogP contribution in [0.3, 0.4) is 0 Å². The highest BCUT2D eigenvalue weighted by Crippen LogP contribution is 2.24. The number of aromatic nitrogens is 1. The maximum absolute atomic E-state index is 5.37. The van der Waals surface area contributed by atoms with E-state index in [1.807, 2.05) is 12.1 Å². The number of anilines is 2. The number of nitrogens with one attached hydrogen (secondary N) is 2. The van der Waals surface area contributed by atoms with Gasteiger partial charge in [0, 0.05) is 24.6 Å². The van der Waals surface area contributed by atoms with Gasteiger partial charge in [-0.1, -0.05) is 0 Å². The lowest BCUT2D eigenvalue weighted by molar-refractivity contribution is 0.185. The zero-order valence-electron chi connectivity index (χ0n) is 8.79. The minimum absolute atomic E-state index is 0.0211. The molecule has 0 radical (unpaired) electrons. The summed E-state index contributed by atoms with van der Waals surface area (Å²) >= 11 is 0. The zero-order valence-corrected chi connectivity index (χ0v) is 8.79. The molecule has 0 amide bonds. The van der Waals surface area contributed by atoms with E-state index in [2.05, 4.69) is 22.7 Å². The SMILES string of the molecule is CC1(Nc2ccnc(NN)c2)CCOC1. The third kappa shape index (κ3) is 2.37. The Morgan fingerprint density at radius 3 is 3.13 bits per heavy atom. The quantitative estimate of drug-likeness (QED) is 0.509. The number of hydrogen-bond acceptors (Lipinski definition) is 5. The van der Waals surface area contributed by atoms with Gasteiger partial charge in [0.1, 0.15) is 5.82 Å². The first kappa shape index (κ1) is 10.2. The first-order chi connectivity index (χ1) is 7.22. The Kier molecular flexibility index (Phi) is 2.75. The average molecular weight is 208 g/mol. The number of nitrogen functional groups attached to an aromatic ring is 1. The molecule has 15 heavy (non-hydrogen) atoms. The van der Waals surface area contributed by atoms with E-state index < -0.39 is 0 Å². The van der Waals surface area contributed by atoms with Crippen LogP contribution in [0.1, 0.15) is 13.3 Å². The zero-order chi connectivity index (χ0) is 10.7. The molecule has 0 aliphatic carbocycles. The molecular weight excluding hydrogens is 192 g/mol. The standard InChI is InChI=1S/C10H16N4O/c1-10(3-5-15-7-10)13-8-2-4-12-9(6-8)14-11/h2,4,6H,3,5,7,11H2,1H3,(H2,12,13,14). The molecule has 0 aromatic carbocycles. The molecule has 2 heterocycles. The van der Waals surface area contributed by atoms with Crippen molar-refractivity contribution in [2.75, 3.05) is 24.0 Å². The van der Waals surface area contributed by atoms with Crippen LogP contribution in [0.4, 0.5) is 11.5 Å². The highest BCUT2D eigenvalue weighted by molar-refractivity contribution is 5.52. The van der Waals surface area contributed by atoms with Crippen molar-refractivity contribution in [3.05, 3.63) is 18.3 Å². The van der Waals surface area contributed by atoms with Crippen LogP contribution in [0.15, 0.2) is 18.3 Å². The maximum Gasteiger partial charge on any atom is 0.141 e. The van der Waals surface area contributed by atoms with Crippen molar-refractivity contribution in [1.82, 2.24) is 4.98 Å². The molecule has 0 bridgehead atoms. The highest BCUT2D eigenvalue weighted by Gasteiger charge is 2.29. The molecule has 1 fully saturated rings. The lowest BCUT2D eigenvalue weighted by Crippen LogP contribution is -2.34. The Labute approximate surface area is 89.0 Å². The van der Waals surface area contributed by atoms with Crippen LogP contribution in [-0.4, -0.2) is 23.7 Å². The molecule has 82 valence electrons. The summed E-state index contributed by atoms with van der Waals surface area (Å²) in [6.45, 7) is 3.70. The molecule has 2 rings (SSSR count). The minimum atomic E-state index is 0.0211. The van der Waals surface area contributed by atoms with E-state index >= 15 is 0 Å². The Hall–Kier alpha value is -1.33. The van der Waals surface area contributed by atoms with Gasteiger partial charge < -0.3 is 15.5 Å². The van der Waals surface area contributed by atoms with Crippen molar-refractivity contribution in [1.29, 1.82) is 0 Å². The fourth-order valence-corrected chi connectivity index (χ4v) is 1.70. The first-order valence-electron chi connectivity index (χ1n) is 5.00. The van der Waals surface area contributed by atoms with Crippen LogP contribution in [0.5, 0.6) is 0 Å².